The maximum absolute atomic E-state index is 9.55. The fourth-order valence-corrected chi connectivity index (χ4v) is 2.02. The highest BCUT2D eigenvalue weighted by atomic mass is 16.4. The molecule has 0 amide bonds. The standard InChI is InChI=1S/C15H25N.C4H4O4/c1-4-5-6-7-14-8-10-15(11-9-14)12-13(2)16-3;5-3(6)1-2-4(7)8/h8-11,13,16H,4-7,12H2,1-3H3;1-2H,(H,5,6)(H,7,8)/b;2-1-. The van der Waals surface area contributed by atoms with E-state index in [0.29, 0.717) is 18.2 Å². The highest BCUT2D eigenvalue weighted by Gasteiger charge is 2.00. The molecule has 1 aromatic rings. The largest absolute Gasteiger partial charge is 0.478 e. The molecule has 0 aliphatic heterocycles. The molecule has 24 heavy (non-hydrogen) atoms. The minimum atomic E-state index is -1.26. The van der Waals surface area contributed by atoms with E-state index in [1.165, 1.54) is 36.8 Å². The van der Waals surface area contributed by atoms with Gasteiger partial charge in [-0.1, -0.05) is 44.0 Å². The van der Waals surface area contributed by atoms with Gasteiger partial charge in [-0.15, -0.1) is 0 Å². The first-order valence-corrected chi connectivity index (χ1v) is 8.28. The molecule has 1 aromatic carbocycles. The average Bonchev–Trinajstić information content (AvgIpc) is 2.55. The number of carboxylic acids is 2. The van der Waals surface area contributed by atoms with Gasteiger partial charge in [0.2, 0.25) is 0 Å². The summed E-state index contributed by atoms with van der Waals surface area (Å²) in [6.07, 6.45) is 7.44. The molecule has 0 heterocycles. The summed E-state index contributed by atoms with van der Waals surface area (Å²) in [5, 5.41) is 18.9. The van der Waals surface area contributed by atoms with E-state index in [2.05, 4.69) is 43.4 Å². The first-order valence-electron chi connectivity index (χ1n) is 8.28. The lowest BCUT2D eigenvalue weighted by Gasteiger charge is -2.10. The Morgan fingerprint density at radius 2 is 1.54 bits per heavy atom. The van der Waals surface area contributed by atoms with Crippen molar-refractivity contribution < 1.29 is 19.8 Å². The van der Waals surface area contributed by atoms with E-state index in [0.717, 1.165) is 6.42 Å². The number of aliphatic carboxylic acids is 2. The Morgan fingerprint density at radius 3 is 1.96 bits per heavy atom. The summed E-state index contributed by atoms with van der Waals surface area (Å²) in [7, 11) is 2.02. The lowest BCUT2D eigenvalue weighted by atomic mass is 10.0. The van der Waals surface area contributed by atoms with Crippen molar-refractivity contribution in [1.82, 2.24) is 5.32 Å². The van der Waals surface area contributed by atoms with Gasteiger partial charge in [0.25, 0.3) is 0 Å². The number of aryl methyl sites for hydroxylation is 1. The molecule has 0 aliphatic rings. The molecule has 0 aromatic heterocycles. The van der Waals surface area contributed by atoms with Crippen LogP contribution in [-0.2, 0) is 22.4 Å². The maximum Gasteiger partial charge on any atom is 0.328 e. The number of benzene rings is 1. The summed E-state index contributed by atoms with van der Waals surface area (Å²) in [5.41, 5.74) is 2.91. The van der Waals surface area contributed by atoms with E-state index in [4.69, 9.17) is 10.2 Å². The van der Waals surface area contributed by atoms with E-state index in [1.54, 1.807) is 0 Å². The van der Waals surface area contributed by atoms with Crippen molar-refractivity contribution in [3.63, 3.8) is 0 Å². The van der Waals surface area contributed by atoms with E-state index in [1.807, 2.05) is 7.05 Å². The lowest BCUT2D eigenvalue weighted by Crippen LogP contribution is -2.23. The SMILES string of the molecule is CCCCCc1ccc(CC(C)NC)cc1.O=C(O)/C=C\C(=O)O. The quantitative estimate of drug-likeness (QED) is 0.476. The molecule has 0 saturated carbocycles. The Hall–Kier alpha value is -2.14. The summed E-state index contributed by atoms with van der Waals surface area (Å²) >= 11 is 0. The smallest absolute Gasteiger partial charge is 0.328 e. The Balaban J connectivity index is 0.000000561. The zero-order chi connectivity index (χ0) is 18.4. The van der Waals surface area contributed by atoms with E-state index < -0.39 is 11.9 Å². The van der Waals surface area contributed by atoms with Crippen molar-refractivity contribution in [3.8, 4) is 0 Å². The van der Waals surface area contributed by atoms with Crippen LogP contribution in [0.3, 0.4) is 0 Å². The van der Waals surface area contributed by atoms with Crippen molar-refractivity contribution >= 4 is 11.9 Å². The van der Waals surface area contributed by atoms with Gasteiger partial charge in [0.15, 0.2) is 0 Å². The third kappa shape index (κ3) is 12.4. The maximum atomic E-state index is 9.55. The summed E-state index contributed by atoms with van der Waals surface area (Å²) in [6.45, 7) is 4.47. The van der Waals surface area contributed by atoms with Crippen molar-refractivity contribution in [2.24, 2.45) is 0 Å². The van der Waals surface area contributed by atoms with Gasteiger partial charge in [0.05, 0.1) is 0 Å². The molecule has 0 saturated heterocycles. The van der Waals surface area contributed by atoms with Gasteiger partial charge in [-0.05, 0) is 44.4 Å². The van der Waals surface area contributed by atoms with Crippen molar-refractivity contribution in [3.05, 3.63) is 47.5 Å². The molecular formula is C19H29NO4. The monoisotopic (exact) mass is 335 g/mol. The Morgan fingerprint density at radius 1 is 1.04 bits per heavy atom. The number of unbranched alkanes of at least 4 members (excludes halogenated alkanes) is 2. The molecule has 1 rings (SSSR count). The van der Waals surface area contributed by atoms with Gasteiger partial charge in [0.1, 0.15) is 0 Å². The van der Waals surface area contributed by atoms with Crippen molar-refractivity contribution in [1.29, 1.82) is 0 Å². The number of nitrogens with one attached hydrogen (secondary N) is 1. The molecule has 0 fully saturated rings. The second-order valence-corrected chi connectivity index (χ2v) is 5.68. The van der Waals surface area contributed by atoms with Gasteiger partial charge >= 0.3 is 11.9 Å². The number of hydrogen-bond acceptors (Lipinski definition) is 3. The minimum absolute atomic E-state index is 0.558. The predicted octanol–water partition coefficient (Wildman–Crippen LogP) is 3.28. The second kappa shape index (κ2) is 13.3. The fourth-order valence-electron chi connectivity index (χ4n) is 2.02. The molecule has 0 aliphatic carbocycles. The van der Waals surface area contributed by atoms with Crippen LogP contribution in [0.4, 0.5) is 0 Å². The Kier molecular flexibility index (Phi) is 12.1. The van der Waals surface area contributed by atoms with Crippen LogP contribution in [0.25, 0.3) is 0 Å². The van der Waals surface area contributed by atoms with E-state index in [-0.39, 0.29) is 0 Å². The van der Waals surface area contributed by atoms with Gasteiger partial charge in [-0.2, -0.15) is 0 Å². The lowest BCUT2D eigenvalue weighted by molar-refractivity contribution is -0.134. The van der Waals surface area contributed by atoms with Gasteiger partial charge < -0.3 is 15.5 Å². The predicted molar refractivity (Wildman–Crippen MR) is 96.3 cm³/mol. The van der Waals surface area contributed by atoms with Crippen LogP contribution < -0.4 is 5.32 Å². The number of carboxylic acid groups (broad SMARTS) is 2. The topological polar surface area (TPSA) is 86.6 Å². The van der Waals surface area contributed by atoms with Crippen LogP contribution in [0, 0.1) is 0 Å². The Bertz CT molecular complexity index is 493. The molecule has 1 unspecified atom stereocenters. The third-order valence-corrected chi connectivity index (χ3v) is 3.50. The summed E-state index contributed by atoms with van der Waals surface area (Å²) in [6, 6.07) is 9.68. The van der Waals surface area contributed by atoms with Crippen LogP contribution in [0.5, 0.6) is 0 Å². The normalized spacial score (nSPS) is 11.6. The minimum Gasteiger partial charge on any atom is -0.478 e. The molecule has 134 valence electrons. The van der Waals surface area contributed by atoms with Gasteiger partial charge in [-0.3, -0.25) is 0 Å². The van der Waals surface area contributed by atoms with Crippen LogP contribution in [-0.4, -0.2) is 35.2 Å². The number of hydrogen-bond donors (Lipinski definition) is 3. The highest BCUT2D eigenvalue weighted by molar-refractivity contribution is 5.89. The third-order valence-electron chi connectivity index (χ3n) is 3.50. The fraction of sp³-hybridized carbons (Fsp3) is 0.474. The molecule has 0 bridgehead atoms. The molecule has 5 heteroatoms. The molecular weight excluding hydrogens is 306 g/mol. The van der Waals surface area contributed by atoms with Gasteiger partial charge in [0, 0.05) is 18.2 Å². The summed E-state index contributed by atoms with van der Waals surface area (Å²) in [5.74, 6) is -2.51. The second-order valence-electron chi connectivity index (χ2n) is 5.68. The number of likely N-dealkylation sites (N-methyl/N-ethyl adjacent to an activating group) is 1. The molecule has 1 atom stereocenters. The van der Waals surface area contributed by atoms with Crippen molar-refractivity contribution in [2.45, 2.75) is 52.0 Å². The van der Waals surface area contributed by atoms with Crippen LogP contribution >= 0.6 is 0 Å². The number of rotatable bonds is 9. The first kappa shape index (κ1) is 21.9. The summed E-state index contributed by atoms with van der Waals surface area (Å²) < 4.78 is 0. The van der Waals surface area contributed by atoms with Crippen LogP contribution in [0.2, 0.25) is 0 Å². The molecule has 0 radical (unpaired) electrons. The van der Waals surface area contributed by atoms with Gasteiger partial charge in [-0.25, -0.2) is 9.59 Å². The van der Waals surface area contributed by atoms with Crippen LogP contribution in [0.1, 0.15) is 44.2 Å². The van der Waals surface area contributed by atoms with Crippen molar-refractivity contribution in [2.75, 3.05) is 7.05 Å². The molecule has 5 nitrogen and oxygen atoms in total. The van der Waals surface area contributed by atoms with E-state index >= 15 is 0 Å². The molecule has 3 N–H and O–H groups in total. The summed E-state index contributed by atoms with van der Waals surface area (Å²) in [4.78, 5) is 19.1. The average molecular weight is 335 g/mol. The first-order chi connectivity index (χ1) is 11.4. The zero-order valence-corrected chi connectivity index (χ0v) is 14.8. The number of carbonyl (C=O) groups is 2. The Labute approximate surface area is 144 Å². The van der Waals surface area contributed by atoms with E-state index in [9.17, 15) is 9.59 Å². The highest BCUT2D eigenvalue weighted by Crippen LogP contribution is 2.10. The zero-order valence-electron chi connectivity index (χ0n) is 14.8. The molecule has 0 spiro atoms. The van der Waals surface area contributed by atoms with Crippen LogP contribution in [0.15, 0.2) is 36.4 Å².